The smallest absolute Gasteiger partial charge is 0.321 e. The first-order valence-electron chi connectivity index (χ1n) is 5.23. The van der Waals surface area contributed by atoms with Gasteiger partial charge < -0.3 is 5.11 Å². The molecule has 0 radical (unpaired) electrons. The van der Waals surface area contributed by atoms with Gasteiger partial charge >= 0.3 is 5.97 Å². The summed E-state index contributed by atoms with van der Waals surface area (Å²) in [7, 11) is -3.83. The lowest BCUT2D eigenvalue weighted by molar-refractivity contribution is -0.139. The summed E-state index contributed by atoms with van der Waals surface area (Å²) in [4.78, 5) is 11.0. The number of rotatable bonds is 6. The molecule has 8 heteroatoms. The number of halogens is 1. The highest BCUT2D eigenvalue weighted by Gasteiger charge is 2.26. The third kappa shape index (κ3) is 4.24. The fraction of sp³-hybridized carbons (Fsp3) is 0.500. The van der Waals surface area contributed by atoms with Crippen molar-refractivity contribution >= 4 is 38.9 Å². The fourth-order valence-electron chi connectivity index (χ4n) is 1.36. The van der Waals surface area contributed by atoms with Gasteiger partial charge in [0.1, 0.15) is 10.3 Å². The summed E-state index contributed by atoms with van der Waals surface area (Å²) in [5, 5.41) is 8.99. The molecule has 5 nitrogen and oxygen atoms in total. The first kappa shape index (κ1) is 15.4. The molecule has 0 aliphatic rings. The number of carboxylic acid groups (broad SMARTS) is 1. The molecule has 1 aromatic rings. The van der Waals surface area contributed by atoms with Crippen LogP contribution in [0.25, 0.3) is 0 Å². The molecule has 1 atom stereocenters. The number of nitrogens with one attached hydrogen (secondary N) is 1. The van der Waals surface area contributed by atoms with Crippen LogP contribution in [-0.2, 0) is 14.8 Å². The first-order valence-corrected chi connectivity index (χ1v) is 7.90. The quantitative estimate of drug-likeness (QED) is 0.843. The molecule has 2 N–H and O–H groups in total. The first-order chi connectivity index (χ1) is 8.22. The summed E-state index contributed by atoms with van der Waals surface area (Å²) in [6, 6.07) is 1.68. The Labute approximate surface area is 115 Å². The predicted molar refractivity (Wildman–Crippen MR) is 70.5 cm³/mol. The highest BCUT2D eigenvalue weighted by molar-refractivity contribution is 7.91. The number of aliphatic carboxylic acids is 1. The number of hydrogen-bond acceptors (Lipinski definition) is 4. The van der Waals surface area contributed by atoms with Gasteiger partial charge in [-0.3, -0.25) is 4.79 Å². The van der Waals surface area contributed by atoms with E-state index in [0.29, 0.717) is 4.34 Å². The van der Waals surface area contributed by atoms with Crippen molar-refractivity contribution in [3.63, 3.8) is 0 Å². The highest BCUT2D eigenvalue weighted by atomic mass is 35.5. The molecular formula is C10H14ClNO4S2. The largest absolute Gasteiger partial charge is 0.480 e. The van der Waals surface area contributed by atoms with Crippen molar-refractivity contribution in [2.24, 2.45) is 5.92 Å². The molecule has 1 heterocycles. The third-order valence-electron chi connectivity index (χ3n) is 2.12. The summed E-state index contributed by atoms with van der Waals surface area (Å²) in [5.41, 5.74) is 0. The fourth-order valence-corrected chi connectivity index (χ4v) is 4.06. The monoisotopic (exact) mass is 311 g/mol. The lowest BCUT2D eigenvalue weighted by Crippen LogP contribution is -2.41. The van der Waals surface area contributed by atoms with E-state index in [0.717, 1.165) is 11.3 Å². The summed E-state index contributed by atoms with van der Waals surface area (Å²) in [5.74, 6) is -1.12. The maximum Gasteiger partial charge on any atom is 0.321 e. The van der Waals surface area contributed by atoms with Crippen LogP contribution in [-0.4, -0.2) is 25.5 Å². The van der Waals surface area contributed by atoms with Gasteiger partial charge in [-0.05, 0) is 24.5 Å². The van der Waals surface area contributed by atoms with Crippen molar-refractivity contribution in [2.45, 2.75) is 30.5 Å². The van der Waals surface area contributed by atoms with Gasteiger partial charge in [0.05, 0.1) is 4.34 Å². The molecule has 0 spiro atoms. The van der Waals surface area contributed by atoms with E-state index in [4.69, 9.17) is 16.7 Å². The van der Waals surface area contributed by atoms with E-state index in [1.807, 2.05) is 13.8 Å². The molecule has 0 unspecified atom stereocenters. The van der Waals surface area contributed by atoms with Crippen LogP contribution >= 0.6 is 22.9 Å². The molecule has 0 aliphatic carbocycles. The van der Waals surface area contributed by atoms with Crippen molar-refractivity contribution in [2.75, 3.05) is 0 Å². The normalized spacial score (nSPS) is 13.8. The number of carboxylic acids is 1. The molecule has 18 heavy (non-hydrogen) atoms. The van der Waals surface area contributed by atoms with Gasteiger partial charge in [-0.15, -0.1) is 11.3 Å². The topological polar surface area (TPSA) is 83.5 Å². The highest BCUT2D eigenvalue weighted by Crippen LogP contribution is 2.25. The van der Waals surface area contributed by atoms with Crippen LogP contribution in [0.5, 0.6) is 0 Å². The predicted octanol–water partition coefficient (Wildman–Crippen LogP) is 2.18. The van der Waals surface area contributed by atoms with E-state index in [-0.39, 0.29) is 16.5 Å². The van der Waals surface area contributed by atoms with Crippen molar-refractivity contribution in [1.82, 2.24) is 4.72 Å². The van der Waals surface area contributed by atoms with Crippen LogP contribution < -0.4 is 4.72 Å². The number of sulfonamides is 1. The summed E-state index contributed by atoms with van der Waals surface area (Å²) in [6.45, 7) is 3.65. The molecule has 1 aromatic heterocycles. The van der Waals surface area contributed by atoms with E-state index in [1.165, 1.54) is 12.1 Å². The molecule has 102 valence electrons. The minimum absolute atomic E-state index is 0.0162. The van der Waals surface area contributed by atoms with Crippen molar-refractivity contribution < 1.29 is 18.3 Å². The molecular weight excluding hydrogens is 298 g/mol. The molecule has 1 rings (SSSR count). The Morgan fingerprint density at radius 2 is 2.11 bits per heavy atom. The van der Waals surface area contributed by atoms with Crippen molar-refractivity contribution in [3.05, 3.63) is 16.5 Å². The van der Waals surface area contributed by atoms with Gasteiger partial charge in [-0.2, -0.15) is 4.72 Å². The summed E-state index contributed by atoms with van der Waals surface area (Å²) < 4.78 is 26.4. The molecule has 0 amide bonds. The molecule has 0 saturated heterocycles. The van der Waals surface area contributed by atoms with Crippen LogP contribution in [0.1, 0.15) is 20.3 Å². The van der Waals surface area contributed by atoms with E-state index >= 15 is 0 Å². The maximum absolute atomic E-state index is 11.9. The molecule has 0 aromatic carbocycles. The zero-order chi connectivity index (χ0) is 13.9. The molecule has 0 bridgehead atoms. The van der Waals surface area contributed by atoms with Gasteiger partial charge in [0, 0.05) is 0 Å². The van der Waals surface area contributed by atoms with E-state index < -0.39 is 22.0 Å². The second kappa shape index (κ2) is 6.01. The summed E-state index contributed by atoms with van der Waals surface area (Å²) in [6.07, 6.45) is 0.230. The maximum atomic E-state index is 11.9. The SMILES string of the molecule is CC(C)C[C@@H](NS(=O)(=O)c1ccc(Cl)s1)C(=O)O. The van der Waals surface area contributed by atoms with Crippen LogP contribution in [0.4, 0.5) is 0 Å². The molecule has 0 aliphatic heterocycles. The minimum atomic E-state index is -3.83. The Morgan fingerprint density at radius 3 is 2.50 bits per heavy atom. The van der Waals surface area contributed by atoms with Crippen LogP contribution in [0, 0.1) is 5.92 Å². The van der Waals surface area contributed by atoms with Gasteiger partial charge in [0.15, 0.2) is 0 Å². The van der Waals surface area contributed by atoms with Crippen LogP contribution in [0.2, 0.25) is 4.34 Å². The average molecular weight is 312 g/mol. The Bertz CT molecular complexity index is 524. The Kier molecular flexibility index (Phi) is 5.15. The standard InChI is InChI=1S/C10H14ClNO4S2/c1-6(2)5-7(10(13)14)12-18(15,16)9-4-3-8(11)17-9/h3-4,6-7,12H,5H2,1-2H3,(H,13,14)/t7-/m1/s1. The van der Waals surface area contributed by atoms with E-state index in [9.17, 15) is 13.2 Å². The van der Waals surface area contributed by atoms with Gasteiger partial charge in [-0.1, -0.05) is 25.4 Å². The minimum Gasteiger partial charge on any atom is -0.480 e. The molecule has 0 saturated carbocycles. The zero-order valence-electron chi connectivity index (χ0n) is 9.88. The second-order valence-electron chi connectivity index (χ2n) is 4.20. The number of carbonyl (C=O) groups is 1. The summed E-state index contributed by atoms with van der Waals surface area (Å²) >= 11 is 6.55. The number of hydrogen-bond donors (Lipinski definition) is 2. The van der Waals surface area contributed by atoms with E-state index in [2.05, 4.69) is 4.72 Å². The van der Waals surface area contributed by atoms with Crippen molar-refractivity contribution in [1.29, 1.82) is 0 Å². The van der Waals surface area contributed by atoms with Crippen LogP contribution in [0.15, 0.2) is 16.3 Å². The lowest BCUT2D eigenvalue weighted by atomic mass is 10.1. The van der Waals surface area contributed by atoms with Gasteiger partial charge in [-0.25, -0.2) is 8.42 Å². The van der Waals surface area contributed by atoms with E-state index in [1.54, 1.807) is 0 Å². The Morgan fingerprint density at radius 1 is 1.50 bits per heavy atom. The van der Waals surface area contributed by atoms with Crippen LogP contribution in [0.3, 0.4) is 0 Å². The van der Waals surface area contributed by atoms with Gasteiger partial charge in [0.2, 0.25) is 0 Å². The Balaban J connectivity index is 2.89. The zero-order valence-corrected chi connectivity index (χ0v) is 12.3. The average Bonchev–Trinajstić information content (AvgIpc) is 2.63. The van der Waals surface area contributed by atoms with Gasteiger partial charge in [0.25, 0.3) is 10.0 Å². The number of thiophene rings is 1. The Hall–Kier alpha value is -0.630. The molecule has 0 fully saturated rings. The lowest BCUT2D eigenvalue weighted by Gasteiger charge is -2.15. The second-order valence-corrected chi connectivity index (χ2v) is 7.86. The van der Waals surface area contributed by atoms with Crippen molar-refractivity contribution in [3.8, 4) is 0 Å². The third-order valence-corrected chi connectivity index (χ3v) is 5.31.